The SMILES string of the molecule is CCCCc1cccc(CN(CCC(=O)O)Cc2cc(C)ccc2C)c1. The third-order valence-corrected chi connectivity index (χ3v) is 4.76. The molecule has 0 unspecified atom stereocenters. The van der Waals surface area contributed by atoms with Gasteiger partial charge in [-0.2, -0.15) is 0 Å². The molecule has 2 rings (SSSR count). The van der Waals surface area contributed by atoms with Crippen LogP contribution < -0.4 is 0 Å². The van der Waals surface area contributed by atoms with Crippen molar-refractivity contribution in [1.82, 2.24) is 4.90 Å². The van der Waals surface area contributed by atoms with E-state index in [4.69, 9.17) is 5.11 Å². The number of nitrogens with zero attached hydrogens (tertiary/aromatic N) is 1. The van der Waals surface area contributed by atoms with Crippen LogP contribution in [0.3, 0.4) is 0 Å². The molecule has 140 valence electrons. The summed E-state index contributed by atoms with van der Waals surface area (Å²) >= 11 is 0. The lowest BCUT2D eigenvalue weighted by molar-refractivity contribution is -0.137. The second-order valence-electron chi connectivity index (χ2n) is 7.21. The Morgan fingerprint density at radius 1 is 1.04 bits per heavy atom. The van der Waals surface area contributed by atoms with E-state index in [9.17, 15) is 4.79 Å². The highest BCUT2D eigenvalue weighted by atomic mass is 16.4. The van der Waals surface area contributed by atoms with Gasteiger partial charge in [-0.25, -0.2) is 0 Å². The normalized spacial score (nSPS) is 11.1. The summed E-state index contributed by atoms with van der Waals surface area (Å²) in [7, 11) is 0. The highest BCUT2D eigenvalue weighted by molar-refractivity contribution is 5.66. The lowest BCUT2D eigenvalue weighted by Gasteiger charge is -2.23. The first-order chi connectivity index (χ1) is 12.5. The number of aryl methyl sites for hydroxylation is 3. The van der Waals surface area contributed by atoms with E-state index in [0.29, 0.717) is 6.54 Å². The Kier molecular flexibility index (Phi) is 7.86. The molecule has 0 spiro atoms. The maximum atomic E-state index is 11.1. The lowest BCUT2D eigenvalue weighted by Crippen LogP contribution is -2.26. The highest BCUT2D eigenvalue weighted by Gasteiger charge is 2.11. The van der Waals surface area contributed by atoms with E-state index in [1.807, 2.05) is 0 Å². The molecule has 0 aromatic heterocycles. The highest BCUT2D eigenvalue weighted by Crippen LogP contribution is 2.17. The molecule has 3 heteroatoms. The number of aliphatic carboxylic acids is 1. The van der Waals surface area contributed by atoms with Gasteiger partial charge in [0.05, 0.1) is 6.42 Å². The fourth-order valence-electron chi connectivity index (χ4n) is 3.20. The Morgan fingerprint density at radius 3 is 2.54 bits per heavy atom. The van der Waals surface area contributed by atoms with Crippen LogP contribution in [-0.4, -0.2) is 22.5 Å². The van der Waals surface area contributed by atoms with Crippen molar-refractivity contribution in [3.05, 3.63) is 70.3 Å². The predicted octanol–water partition coefficient (Wildman–Crippen LogP) is 5.12. The standard InChI is InChI=1S/C23H31NO2/c1-4-5-7-20-8-6-9-21(15-20)16-24(13-12-23(25)26)17-22-14-18(2)10-11-19(22)3/h6,8-11,14-15H,4-5,7,12-13,16-17H2,1-3H3,(H,25,26). The summed E-state index contributed by atoms with van der Waals surface area (Å²) in [4.78, 5) is 13.3. The molecule has 0 aliphatic carbocycles. The monoisotopic (exact) mass is 353 g/mol. The zero-order chi connectivity index (χ0) is 18.9. The van der Waals surface area contributed by atoms with Crippen molar-refractivity contribution >= 4 is 5.97 Å². The summed E-state index contributed by atoms with van der Waals surface area (Å²) in [6.45, 7) is 8.54. The molecule has 0 saturated carbocycles. The van der Waals surface area contributed by atoms with Gasteiger partial charge in [0, 0.05) is 19.6 Å². The minimum Gasteiger partial charge on any atom is -0.481 e. The Balaban J connectivity index is 2.13. The van der Waals surface area contributed by atoms with Gasteiger partial charge in [0.25, 0.3) is 0 Å². The number of carboxylic acids is 1. The molecule has 0 heterocycles. The van der Waals surface area contributed by atoms with Crippen molar-refractivity contribution in [2.75, 3.05) is 6.54 Å². The maximum absolute atomic E-state index is 11.1. The fourth-order valence-corrected chi connectivity index (χ4v) is 3.20. The van der Waals surface area contributed by atoms with E-state index in [0.717, 1.165) is 19.5 Å². The van der Waals surface area contributed by atoms with E-state index in [2.05, 4.69) is 68.1 Å². The Labute approximate surface area is 157 Å². The van der Waals surface area contributed by atoms with Gasteiger partial charge >= 0.3 is 5.97 Å². The minimum atomic E-state index is -0.743. The molecule has 0 amide bonds. The first kappa shape index (κ1) is 20.2. The van der Waals surface area contributed by atoms with Gasteiger partial charge in [0.1, 0.15) is 0 Å². The fraction of sp³-hybridized carbons (Fsp3) is 0.435. The number of rotatable bonds is 10. The third kappa shape index (κ3) is 6.64. The van der Waals surface area contributed by atoms with E-state index >= 15 is 0 Å². The lowest BCUT2D eigenvalue weighted by atomic mass is 10.0. The van der Waals surface area contributed by atoms with Gasteiger partial charge < -0.3 is 5.11 Å². The molecule has 0 radical (unpaired) electrons. The van der Waals surface area contributed by atoms with E-state index in [1.54, 1.807) is 0 Å². The second kappa shape index (κ2) is 10.1. The number of benzene rings is 2. The van der Waals surface area contributed by atoms with Gasteiger partial charge in [-0.15, -0.1) is 0 Å². The molecule has 0 aliphatic heterocycles. The smallest absolute Gasteiger partial charge is 0.304 e. The molecule has 0 fully saturated rings. The predicted molar refractivity (Wildman–Crippen MR) is 107 cm³/mol. The van der Waals surface area contributed by atoms with Gasteiger partial charge in [-0.3, -0.25) is 9.69 Å². The Bertz CT molecular complexity index is 724. The average molecular weight is 354 g/mol. The van der Waals surface area contributed by atoms with E-state index < -0.39 is 5.97 Å². The van der Waals surface area contributed by atoms with Crippen molar-refractivity contribution in [1.29, 1.82) is 0 Å². The van der Waals surface area contributed by atoms with Gasteiger partial charge in [0.2, 0.25) is 0 Å². The summed E-state index contributed by atoms with van der Waals surface area (Å²) < 4.78 is 0. The molecular formula is C23H31NO2. The third-order valence-electron chi connectivity index (χ3n) is 4.76. The van der Waals surface area contributed by atoms with Crippen LogP contribution in [0.25, 0.3) is 0 Å². The molecular weight excluding hydrogens is 322 g/mol. The summed E-state index contributed by atoms with van der Waals surface area (Å²) in [6, 6.07) is 15.2. The first-order valence-corrected chi connectivity index (χ1v) is 9.56. The van der Waals surface area contributed by atoms with Gasteiger partial charge in [0.15, 0.2) is 0 Å². The van der Waals surface area contributed by atoms with E-state index in [1.165, 1.54) is 40.7 Å². The Hall–Kier alpha value is -2.13. The summed E-state index contributed by atoms with van der Waals surface area (Å²) in [5.74, 6) is -0.743. The number of hydrogen-bond donors (Lipinski definition) is 1. The van der Waals surface area contributed by atoms with Crippen molar-refractivity contribution in [2.24, 2.45) is 0 Å². The molecule has 0 aliphatic rings. The van der Waals surface area contributed by atoms with Crippen molar-refractivity contribution in [2.45, 2.75) is 59.5 Å². The quantitative estimate of drug-likeness (QED) is 0.644. The van der Waals surface area contributed by atoms with Gasteiger partial charge in [-0.1, -0.05) is 61.4 Å². The number of carbonyl (C=O) groups is 1. The van der Waals surface area contributed by atoms with Crippen LogP contribution in [0.2, 0.25) is 0 Å². The van der Waals surface area contributed by atoms with Crippen LogP contribution in [0.4, 0.5) is 0 Å². The average Bonchev–Trinajstić information content (AvgIpc) is 2.61. The summed E-state index contributed by atoms with van der Waals surface area (Å²) in [5, 5.41) is 9.11. The van der Waals surface area contributed by atoms with Crippen LogP contribution in [0.15, 0.2) is 42.5 Å². The van der Waals surface area contributed by atoms with E-state index in [-0.39, 0.29) is 6.42 Å². The summed E-state index contributed by atoms with van der Waals surface area (Å²) in [5.41, 5.74) is 6.40. The van der Waals surface area contributed by atoms with Crippen LogP contribution in [-0.2, 0) is 24.3 Å². The molecule has 0 bridgehead atoms. The number of unbranched alkanes of at least 4 members (excludes halogenated alkanes) is 1. The molecule has 26 heavy (non-hydrogen) atoms. The molecule has 0 atom stereocenters. The van der Waals surface area contributed by atoms with Crippen LogP contribution in [0.5, 0.6) is 0 Å². The Morgan fingerprint density at radius 2 is 1.81 bits per heavy atom. The van der Waals surface area contributed by atoms with Crippen LogP contribution in [0.1, 0.15) is 54.0 Å². The zero-order valence-electron chi connectivity index (χ0n) is 16.3. The molecule has 1 N–H and O–H groups in total. The zero-order valence-corrected chi connectivity index (χ0v) is 16.3. The van der Waals surface area contributed by atoms with Crippen LogP contribution in [0, 0.1) is 13.8 Å². The maximum Gasteiger partial charge on any atom is 0.304 e. The number of carboxylic acid groups (broad SMARTS) is 1. The minimum absolute atomic E-state index is 0.167. The van der Waals surface area contributed by atoms with Crippen molar-refractivity contribution < 1.29 is 9.90 Å². The first-order valence-electron chi connectivity index (χ1n) is 9.56. The number of hydrogen-bond acceptors (Lipinski definition) is 2. The molecule has 2 aromatic rings. The van der Waals surface area contributed by atoms with Crippen molar-refractivity contribution in [3.8, 4) is 0 Å². The second-order valence-corrected chi connectivity index (χ2v) is 7.21. The summed E-state index contributed by atoms with van der Waals surface area (Å²) in [6.07, 6.45) is 3.67. The molecule has 3 nitrogen and oxygen atoms in total. The van der Waals surface area contributed by atoms with Gasteiger partial charge in [-0.05, 0) is 48.9 Å². The molecule has 0 saturated heterocycles. The van der Waals surface area contributed by atoms with Crippen molar-refractivity contribution in [3.63, 3.8) is 0 Å². The van der Waals surface area contributed by atoms with Crippen LogP contribution >= 0.6 is 0 Å². The molecule has 2 aromatic carbocycles. The topological polar surface area (TPSA) is 40.5 Å². The largest absolute Gasteiger partial charge is 0.481 e.